The summed E-state index contributed by atoms with van der Waals surface area (Å²) in [6.45, 7) is 6.56. The molecule has 0 aliphatic carbocycles. The van der Waals surface area contributed by atoms with E-state index < -0.39 is 0 Å². The minimum absolute atomic E-state index is 0. The van der Waals surface area contributed by atoms with E-state index in [1.165, 1.54) is 22.3 Å². The third-order valence-corrected chi connectivity index (χ3v) is 6.24. The number of hydrogen-bond acceptors (Lipinski definition) is 3. The van der Waals surface area contributed by atoms with E-state index >= 15 is 0 Å². The largest absolute Gasteiger partial charge is 0.328 e. The van der Waals surface area contributed by atoms with Gasteiger partial charge in [-0.05, 0) is 67.5 Å². The van der Waals surface area contributed by atoms with Crippen molar-refractivity contribution < 1.29 is 0 Å². The zero-order chi connectivity index (χ0) is 19.4. The molecular formula is C23H28Cl2N2S. The minimum Gasteiger partial charge on any atom is -0.328 e. The molecule has 2 nitrogen and oxygen atoms in total. The average molecular weight is 435 g/mol. The van der Waals surface area contributed by atoms with Gasteiger partial charge in [-0.1, -0.05) is 42.8 Å². The third-order valence-electron chi connectivity index (χ3n) is 5.14. The van der Waals surface area contributed by atoms with E-state index in [1.54, 1.807) is 11.3 Å². The van der Waals surface area contributed by atoms with Crippen molar-refractivity contribution in [2.75, 3.05) is 0 Å². The number of benzene rings is 2. The van der Waals surface area contributed by atoms with Crippen LogP contribution < -0.4 is 5.73 Å². The van der Waals surface area contributed by atoms with Crippen LogP contribution in [0.3, 0.4) is 0 Å². The summed E-state index contributed by atoms with van der Waals surface area (Å²) < 4.78 is 0. The van der Waals surface area contributed by atoms with Crippen LogP contribution in [-0.4, -0.2) is 11.0 Å². The molecule has 0 radical (unpaired) electrons. The van der Waals surface area contributed by atoms with E-state index in [2.05, 4.69) is 38.3 Å². The van der Waals surface area contributed by atoms with Crippen molar-refractivity contribution in [1.29, 1.82) is 0 Å². The second kappa shape index (κ2) is 10.4. The van der Waals surface area contributed by atoms with E-state index in [1.807, 2.05) is 24.3 Å². The fourth-order valence-electron chi connectivity index (χ4n) is 3.25. The van der Waals surface area contributed by atoms with Crippen molar-refractivity contribution in [2.45, 2.75) is 52.5 Å². The fourth-order valence-corrected chi connectivity index (χ4v) is 4.20. The number of hydrogen-bond donors (Lipinski definition) is 1. The number of aryl methyl sites for hydroxylation is 3. The number of aromatic nitrogens is 1. The van der Waals surface area contributed by atoms with Gasteiger partial charge in [-0.2, -0.15) is 0 Å². The number of thiazole rings is 1. The Hall–Kier alpha value is -1.39. The Morgan fingerprint density at radius 3 is 2.39 bits per heavy atom. The highest BCUT2D eigenvalue weighted by atomic mass is 35.5. The van der Waals surface area contributed by atoms with Crippen molar-refractivity contribution in [3.05, 3.63) is 74.1 Å². The maximum Gasteiger partial charge on any atom is 0.0976 e. The molecule has 0 amide bonds. The molecule has 5 heteroatoms. The predicted molar refractivity (Wildman–Crippen MR) is 125 cm³/mol. The monoisotopic (exact) mass is 434 g/mol. The molecule has 2 aromatic carbocycles. The molecule has 0 aliphatic heterocycles. The second-order valence-corrected chi connectivity index (χ2v) is 8.60. The minimum atomic E-state index is 0. The number of rotatable bonds is 7. The van der Waals surface area contributed by atoms with Crippen molar-refractivity contribution in [1.82, 2.24) is 4.98 Å². The first-order valence-electron chi connectivity index (χ1n) is 9.51. The lowest BCUT2D eigenvalue weighted by molar-refractivity contribution is 0.595. The highest BCUT2D eigenvalue weighted by Gasteiger charge is 2.10. The van der Waals surface area contributed by atoms with E-state index in [0.29, 0.717) is 6.04 Å². The Morgan fingerprint density at radius 1 is 1.07 bits per heavy atom. The summed E-state index contributed by atoms with van der Waals surface area (Å²) in [6, 6.07) is 12.8. The zero-order valence-electron chi connectivity index (χ0n) is 16.7. The summed E-state index contributed by atoms with van der Waals surface area (Å²) in [5.74, 6) is 0. The zero-order valence-corrected chi connectivity index (χ0v) is 19.1. The lowest BCUT2D eigenvalue weighted by Crippen LogP contribution is -2.19. The lowest BCUT2D eigenvalue weighted by atomic mass is 9.94. The lowest BCUT2D eigenvalue weighted by Gasteiger charge is -2.14. The summed E-state index contributed by atoms with van der Waals surface area (Å²) in [5.41, 5.74) is 13.7. The third kappa shape index (κ3) is 5.81. The Balaban J connectivity index is 0.00000280. The van der Waals surface area contributed by atoms with Crippen molar-refractivity contribution in [3.63, 3.8) is 0 Å². The standard InChI is InChI=1S/C23H27ClN2S.ClH/c1-4-21(25)10-7-18-11-16(3)19(12-15(18)2)13-23-26-22(14-27-23)17-5-8-20(24)9-6-17;/h5-6,8-9,11-12,14,21H,4,7,10,13,25H2,1-3H3;1H. The molecule has 0 bridgehead atoms. The number of nitrogens with two attached hydrogens (primary N) is 1. The normalized spacial score (nSPS) is 11.9. The maximum absolute atomic E-state index is 6.09. The highest BCUT2D eigenvalue weighted by Crippen LogP contribution is 2.26. The van der Waals surface area contributed by atoms with E-state index in [-0.39, 0.29) is 12.4 Å². The summed E-state index contributed by atoms with van der Waals surface area (Å²) in [7, 11) is 0. The Bertz CT molecular complexity index is 903. The Morgan fingerprint density at radius 2 is 1.71 bits per heavy atom. The first-order valence-corrected chi connectivity index (χ1v) is 10.8. The summed E-state index contributed by atoms with van der Waals surface area (Å²) in [6.07, 6.45) is 4.02. The van der Waals surface area contributed by atoms with Crippen molar-refractivity contribution in [3.8, 4) is 11.3 Å². The van der Waals surface area contributed by atoms with Gasteiger partial charge in [-0.3, -0.25) is 0 Å². The van der Waals surface area contributed by atoms with E-state index in [0.717, 1.165) is 47.0 Å². The van der Waals surface area contributed by atoms with Crippen LogP contribution in [0.25, 0.3) is 11.3 Å². The predicted octanol–water partition coefficient (Wildman–Crippen LogP) is 6.76. The van der Waals surface area contributed by atoms with E-state index in [4.69, 9.17) is 22.3 Å². The molecule has 1 atom stereocenters. The van der Waals surface area contributed by atoms with Crippen LogP contribution in [0.4, 0.5) is 0 Å². The van der Waals surface area contributed by atoms with Gasteiger partial charge in [0.25, 0.3) is 0 Å². The molecule has 0 spiro atoms. The van der Waals surface area contributed by atoms with Crippen LogP contribution in [0.5, 0.6) is 0 Å². The van der Waals surface area contributed by atoms with Crippen LogP contribution in [0.15, 0.2) is 41.8 Å². The highest BCUT2D eigenvalue weighted by molar-refractivity contribution is 7.10. The van der Waals surface area contributed by atoms with Crippen molar-refractivity contribution in [2.24, 2.45) is 5.73 Å². The molecule has 3 rings (SSSR count). The second-order valence-electron chi connectivity index (χ2n) is 7.22. The molecule has 28 heavy (non-hydrogen) atoms. The van der Waals surface area contributed by atoms with Gasteiger partial charge in [-0.25, -0.2) is 4.98 Å². The van der Waals surface area contributed by atoms with Gasteiger partial charge in [0.15, 0.2) is 0 Å². The average Bonchev–Trinajstić information content (AvgIpc) is 3.12. The fraction of sp³-hybridized carbons (Fsp3) is 0.348. The van der Waals surface area contributed by atoms with Crippen LogP contribution in [-0.2, 0) is 12.8 Å². The molecule has 1 heterocycles. The topological polar surface area (TPSA) is 38.9 Å². The summed E-state index contributed by atoms with van der Waals surface area (Å²) >= 11 is 7.70. The SMILES string of the molecule is CCC(N)CCc1cc(C)c(Cc2nc(-c3ccc(Cl)cc3)cs2)cc1C.Cl. The van der Waals surface area contributed by atoms with E-state index in [9.17, 15) is 0 Å². The molecule has 0 fully saturated rings. The number of halogens is 2. The summed E-state index contributed by atoms with van der Waals surface area (Å²) in [4.78, 5) is 4.83. The molecule has 150 valence electrons. The first kappa shape index (κ1) is 22.9. The van der Waals surface area contributed by atoms with Crippen LogP contribution in [0.2, 0.25) is 5.02 Å². The van der Waals surface area contributed by atoms with Gasteiger partial charge in [-0.15, -0.1) is 23.7 Å². The molecule has 3 aromatic rings. The van der Waals surface area contributed by atoms with Crippen molar-refractivity contribution >= 4 is 35.3 Å². The Labute approximate surface area is 183 Å². The van der Waals surface area contributed by atoms with Crippen LogP contribution >= 0.6 is 35.3 Å². The number of nitrogens with zero attached hydrogens (tertiary/aromatic N) is 1. The van der Waals surface area contributed by atoms with Crippen LogP contribution in [0.1, 0.15) is 47.0 Å². The molecule has 0 saturated carbocycles. The van der Waals surface area contributed by atoms with Gasteiger partial charge in [0.2, 0.25) is 0 Å². The quantitative estimate of drug-likeness (QED) is 0.445. The molecule has 0 aliphatic rings. The first-order chi connectivity index (χ1) is 13.0. The maximum atomic E-state index is 6.09. The summed E-state index contributed by atoms with van der Waals surface area (Å²) in [5, 5.41) is 4.02. The van der Waals surface area contributed by atoms with Gasteiger partial charge >= 0.3 is 0 Å². The van der Waals surface area contributed by atoms with Gasteiger partial charge in [0.1, 0.15) is 0 Å². The molecular weight excluding hydrogens is 407 g/mol. The molecule has 0 saturated heterocycles. The molecule has 1 unspecified atom stereocenters. The smallest absolute Gasteiger partial charge is 0.0976 e. The van der Waals surface area contributed by atoms with Gasteiger partial charge in [0, 0.05) is 28.4 Å². The molecule has 2 N–H and O–H groups in total. The van der Waals surface area contributed by atoms with Gasteiger partial charge in [0.05, 0.1) is 10.7 Å². The Kier molecular flexibility index (Phi) is 8.51. The molecule has 1 aromatic heterocycles. The van der Waals surface area contributed by atoms with Gasteiger partial charge < -0.3 is 5.73 Å². The van der Waals surface area contributed by atoms with Crippen LogP contribution in [0, 0.1) is 13.8 Å².